The van der Waals surface area contributed by atoms with E-state index in [1.54, 1.807) is 57.5 Å². The number of amides is 4. The smallest absolute Gasteiger partial charge is 0.408 e. The Morgan fingerprint density at radius 1 is 1.01 bits per heavy atom. The predicted octanol–water partition coefficient (Wildman–Crippen LogP) is 6.86. The Morgan fingerprint density at radius 3 is 2.37 bits per heavy atom. The van der Waals surface area contributed by atoms with E-state index in [0.717, 1.165) is 13.8 Å². The van der Waals surface area contributed by atoms with Crippen LogP contribution in [0.15, 0.2) is 54.7 Å². The van der Waals surface area contributed by atoms with Crippen LogP contribution in [0.25, 0.3) is 22.2 Å². The third-order valence-electron chi connectivity index (χ3n) is 13.6. The normalized spacial score (nSPS) is 27.1. The SMILES string of the molecule is COc1ccc2c(O[C@@H]3C[C@H]4C(=O)N[C@]5(C(=O)NS(=O)(=O)C6(C)CC6)C[C@H]5/C=C\CC[C@H](C)C[C@@H](C)[C@H](NC(=O)OC(C)(C)C(C)(F)F)C(=O)N4C3)nc(-c3ccc(OC(C)C)cn3)cc2c1. The van der Waals surface area contributed by atoms with Crippen LogP contribution in [0.4, 0.5) is 13.6 Å². The van der Waals surface area contributed by atoms with E-state index in [0.29, 0.717) is 72.7 Å². The van der Waals surface area contributed by atoms with Crippen molar-refractivity contribution in [2.24, 2.45) is 17.8 Å². The summed E-state index contributed by atoms with van der Waals surface area (Å²) >= 11 is 0. The zero-order valence-electron chi connectivity index (χ0n) is 39.5. The summed E-state index contributed by atoms with van der Waals surface area (Å²) in [7, 11) is -2.55. The van der Waals surface area contributed by atoms with Crippen molar-refractivity contribution in [3.63, 3.8) is 0 Å². The number of alkyl halides is 2. The third kappa shape index (κ3) is 10.6. The van der Waals surface area contributed by atoms with Crippen LogP contribution < -0.4 is 29.6 Å². The quantitative estimate of drug-likeness (QED) is 0.160. The number of hydrogen-bond donors (Lipinski definition) is 3. The van der Waals surface area contributed by atoms with Gasteiger partial charge in [-0.25, -0.2) is 27.0 Å². The van der Waals surface area contributed by atoms with E-state index in [-0.39, 0.29) is 37.3 Å². The zero-order chi connectivity index (χ0) is 48.9. The summed E-state index contributed by atoms with van der Waals surface area (Å²) in [6.45, 7) is 11.7. The summed E-state index contributed by atoms with van der Waals surface area (Å²) in [5.41, 5.74) is -2.95. The summed E-state index contributed by atoms with van der Waals surface area (Å²) in [5.74, 6) is -5.63. The number of allylic oxidation sites excluding steroid dienone is 1. The minimum atomic E-state index is -4.09. The van der Waals surface area contributed by atoms with Crippen LogP contribution in [0.5, 0.6) is 17.4 Å². The fourth-order valence-corrected chi connectivity index (χ4v) is 9.97. The van der Waals surface area contributed by atoms with Gasteiger partial charge in [0.05, 0.1) is 42.1 Å². The van der Waals surface area contributed by atoms with Gasteiger partial charge >= 0.3 is 6.09 Å². The van der Waals surface area contributed by atoms with Gasteiger partial charge in [0.25, 0.3) is 11.8 Å². The molecule has 4 amide bonds. The van der Waals surface area contributed by atoms with Crippen LogP contribution >= 0.6 is 0 Å². The maximum Gasteiger partial charge on any atom is 0.408 e. The molecular formula is C48H62F2N6O10S. The molecule has 7 atom stereocenters. The minimum Gasteiger partial charge on any atom is -0.497 e. The van der Waals surface area contributed by atoms with E-state index in [4.69, 9.17) is 23.9 Å². The second-order valence-electron chi connectivity index (χ2n) is 19.8. The van der Waals surface area contributed by atoms with Crippen molar-refractivity contribution in [3.05, 3.63) is 54.7 Å². The number of rotatable bonds is 12. The average molecular weight is 953 g/mol. The van der Waals surface area contributed by atoms with Gasteiger partial charge in [0, 0.05) is 24.6 Å². The highest BCUT2D eigenvalue weighted by Crippen LogP contribution is 2.48. The van der Waals surface area contributed by atoms with Gasteiger partial charge in [-0.05, 0) is 127 Å². The first kappa shape index (κ1) is 49.3. The second-order valence-corrected chi connectivity index (χ2v) is 22.0. The minimum absolute atomic E-state index is 0.00473. The van der Waals surface area contributed by atoms with E-state index < -0.39 is 85.7 Å². The van der Waals surface area contributed by atoms with E-state index in [1.165, 1.54) is 4.90 Å². The number of carbonyl (C=O) groups is 4. The summed E-state index contributed by atoms with van der Waals surface area (Å²) in [4.78, 5) is 68.2. The summed E-state index contributed by atoms with van der Waals surface area (Å²) in [5, 5.41) is 6.70. The highest BCUT2D eigenvalue weighted by atomic mass is 32.2. The monoisotopic (exact) mass is 952 g/mol. The maximum atomic E-state index is 15.1. The molecule has 3 N–H and O–H groups in total. The number of benzene rings is 1. The molecule has 3 aromatic rings. The number of sulfonamides is 1. The molecule has 1 saturated heterocycles. The van der Waals surface area contributed by atoms with Crippen LogP contribution in [0.2, 0.25) is 0 Å². The van der Waals surface area contributed by atoms with Crippen LogP contribution in [-0.4, -0.2) is 107 Å². The van der Waals surface area contributed by atoms with Crippen molar-refractivity contribution in [2.45, 2.75) is 146 Å². The van der Waals surface area contributed by atoms with Crippen LogP contribution in [0.1, 0.15) is 100 Å². The Hall–Kier alpha value is -5.59. The molecule has 2 aliphatic heterocycles. The largest absolute Gasteiger partial charge is 0.497 e. The van der Waals surface area contributed by atoms with Gasteiger partial charge in [-0.3, -0.25) is 24.1 Å². The van der Waals surface area contributed by atoms with Gasteiger partial charge in [0.15, 0.2) is 5.60 Å². The molecule has 7 rings (SSSR count). The average Bonchev–Trinajstić information content (AvgIpc) is 4.13. The molecular weight excluding hydrogens is 891 g/mol. The zero-order valence-corrected chi connectivity index (χ0v) is 40.3. The number of pyridine rings is 2. The molecule has 4 heterocycles. The Morgan fingerprint density at radius 2 is 1.73 bits per heavy atom. The number of hydrogen-bond acceptors (Lipinski definition) is 12. The second kappa shape index (κ2) is 18.5. The van der Waals surface area contributed by atoms with Gasteiger partial charge < -0.3 is 34.5 Å². The van der Waals surface area contributed by atoms with E-state index >= 15 is 4.79 Å². The first-order valence-electron chi connectivity index (χ1n) is 22.9. The molecule has 1 aromatic carbocycles. The molecule has 19 heteroatoms. The third-order valence-corrected chi connectivity index (χ3v) is 15.7. The predicted molar refractivity (Wildman–Crippen MR) is 245 cm³/mol. The summed E-state index contributed by atoms with van der Waals surface area (Å²) in [6, 6.07) is 8.01. The van der Waals surface area contributed by atoms with Crippen LogP contribution in [-0.2, 0) is 29.1 Å². The van der Waals surface area contributed by atoms with Crippen molar-refractivity contribution in [1.29, 1.82) is 0 Å². The Kier molecular flexibility index (Phi) is 13.6. The molecule has 3 fully saturated rings. The van der Waals surface area contributed by atoms with Gasteiger partial charge in [0.1, 0.15) is 35.2 Å². The molecule has 2 aromatic heterocycles. The van der Waals surface area contributed by atoms with Gasteiger partial charge in [-0.2, -0.15) is 0 Å². The van der Waals surface area contributed by atoms with Crippen molar-refractivity contribution in [1.82, 2.24) is 30.2 Å². The first-order chi connectivity index (χ1) is 31.3. The van der Waals surface area contributed by atoms with E-state index in [9.17, 15) is 31.6 Å². The first-order valence-corrected chi connectivity index (χ1v) is 24.4. The highest BCUT2D eigenvalue weighted by Gasteiger charge is 2.63. The Labute approximate surface area is 390 Å². The van der Waals surface area contributed by atoms with Crippen molar-refractivity contribution in [3.8, 4) is 28.8 Å². The molecule has 364 valence electrons. The molecule has 2 saturated carbocycles. The molecule has 16 nitrogen and oxygen atoms in total. The standard InChI is InChI=1S/C48H62F2N6O10S/c1-27(2)64-33-15-17-36(51-25-33)37-22-30-21-32(63-9)14-16-35(30)41(52-37)65-34-23-38-40(57)54-48(43(59)55-67(61,62)46(7)18-19-46)24-31(48)13-11-10-12-28(3)20-29(4)39(42(58)56(38)26-34)53-44(60)66-45(5,6)47(8,49)50/h11,13-17,21-22,25,27-29,31,34,38-39H,10,12,18-20,23-24,26H2,1-9H3,(H,53,60)(H,54,57)(H,55,59)/b13-11-/t28-,29+,31+,34+,38-,39-,48+/m0/s1. The Bertz CT molecular complexity index is 2530. The number of ether oxygens (including phenoxy) is 4. The van der Waals surface area contributed by atoms with Gasteiger partial charge in [-0.15, -0.1) is 0 Å². The Balaban J connectivity index is 1.26. The number of halogens is 2. The molecule has 0 radical (unpaired) electrons. The fraction of sp³-hybridized carbons (Fsp3) is 0.583. The number of methoxy groups -OCH3 is 1. The molecule has 4 aliphatic rings. The van der Waals surface area contributed by atoms with Crippen molar-refractivity contribution in [2.75, 3.05) is 13.7 Å². The summed E-state index contributed by atoms with van der Waals surface area (Å²) in [6.07, 6.45) is 5.45. The topological polar surface area (TPSA) is 204 Å². The van der Waals surface area contributed by atoms with E-state index in [2.05, 4.69) is 20.3 Å². The van der Waals surface area contributed by atoms with E-state index in [1.807, 2.05) is 39.0 Å². The van der Waals surface area contributed by atoms with Crippen LogP contribution in [0.3, 0.4) is 0 Å². The van der Waals surface area contributed by atoms with Crippen molar-refractivity contribution >= 4 is 44.6 Å². The number of nitrogens with zero attached hydrogens (tertiary/aromatic N) is 3. The highest BCUT2D eigenvalue weighted by molar-refractivity contribution is 7.91. The molecule has 0 spiro atoms. The molecule has 2 aliphatic carbocycles. The van der Waals surface area contributed by atoms with Gasteiger partial charge in [0.2, 0.25) is 27.7 Å². The number of alkyl carbamates (subject to hydrolysis) is 1. The van der Waals surface area contributed by atoms with Crippen LogP contribution in [0, 0.1) is 17.8 Å². The maximum absolute atomic E-state index is 15.1. The van der Waals surface area contributed by atoms with Gasteiger partial charge in [-0.1, -0.05) is 26.0 Å². The lowest BCUT2D eigenvalue weighted by atomic mass is 9.88. The fourth-order valence-electron chi connectivity index (χ4n) is 8.66. The number of fused-ring (bicyclic) bond motifs is 3. The molecule has 67 heavy (non-hydrogen) atoms. The lowest BCUT2D eigenvalue weighted by Crippen LogP contribution is -2.59. The molecule has 0 unspecified atom stereocenters. The van der Waals surface area contributed by atoms with Crippen molar-refractivity contribution < 1.29 is 55.3 Å². The molecule has 0 bridgehead atoms. The lowest BCUT2D eigenvalue weighted by molar-refractivity contribution is -0.152. The number of carbonyl (C=O) groups excluding carboxylic acids is 4. The lowest BCUT2D eigenvalue weighted by Gasteiger charge is -2.35. The number of nitrogens with one attached hydrogen (secondary N) is 3. The number of aromatic nitrogens is 2. The summed E-state index contributed by atoms with van der Waals surface area (Å²) < 4.78 is 80.1.